The summed E-state index contributed by atoms with van der Waals surface area (Å²) in [4.78, 5) is 4.26. The van der Waals surface area contributed by atoms with Crippen LogP contribution >= 0.6 is 24.0 Å². The molecule has 0 unspecified atom stereocenters. The molecular weight excluding hydrogens is 465 g/mol. The Morgan fingerprint density at radius 3 is 2.46 bits per heavy atom. The van der Waals surface area contributed by atoms with E-state index < -0.39 is 0 Å². The lowest BCUT2D eigenvalue weighted by atomic mass is 10.1. The zero-order valence-corrected chi connectivity index (χ0v) is 18.5. The highest BCUT2D eigenvalue weighted by Crippen LogP contribution is 2.14. The van der Waals surface area contributed by atoms with Crippen molar-refractivity contribution < 1.29 is 4.74 Å². The van der Waals surface area contributed by atoms with Crippen LogP contribution in [-0.2, 0) is 13.0 Å². The highest BCUT2D eigenvalue weighted by molar-refractivity contribution is 14.0. The number of ether oxygens (including phenoxy) is 1. The first-order chi connectivity index (χ1) is 13.3. The van der Waals surface area contributed by atoms with Gasteiger partial charge in [-0.2, -0.15) is 5.10 Å². The average molecular weight is 491 g/mol. The van der Waals surface area contributed by atoms with Gasteiger partial charge in [-0.3, -0.25) is 4.99 Å². The second kappa shape index (κ2) is 11.3. The molecule has 0 bridgehead atoms. The van der Waals surface area contributed by atoms with Crippen LogP contribution in [0.25, 0.3) is 5.69 Å². The van der Waals surface area contributed by atoms with E-state index in [4.69, 9.17) is 4.74 Å². The Labute approximate surface area is 183 Å². The molecule has 0 radical (unpaired) electrons. The first-order valence-corrected chi connectivity index (χ1v) is 8.96. The Bertz CT molecular complexity index is 862. The van der Waals surface area contributed by atoms with Gasteiger partial charge in [-0.05, 0) is 42.3 Å². The van der Waals surface area contributed by atoms with E-state index in [1.807, 2.05) is 47.3 Å². The maximum Gasteiger partial charge on any atom is 0.191 e. The van der Waals surface area contributed by atoms with E-state index in [1.54, 1.807) is 14.2 Å². The summed E-state index contributed by atoms with van der Waals surface area (Å²) in [5.74, 6) is 1.60. The molecule has 0 aliphatic rings. The summed E-state index contributed by atoms with van der Waals surface area (Å²) in [6.07, 6.45) is 2.90. The van der Waals surface area contributed by atoms with Crippen molar-refractivity contribution in [2.24, 2.45) is 4.99 Å². The van der Waals surface area contributed by atoms with Crippen molar-refractivity contribution in [1.29, 1.82) is 0 Å². The summed E-state index contributed by atoms with van der Waals surface area (Å²) < 4.78 is 7.04. The number of guanidine groups is 1. The number of aliphatic imine (C=N–C) groups is 1. The average Bonchev–Trinajstić information content (AvgIpc) is 3.20. The second-order valence-electron chi connectivity index (χ2n) is 6.04. The smallest absolute Gasteiger partial charge is 0.191 e. The highest BCUT2D eigenvalue weighted by Gasteiger charge is 2.04. The minimum Gasteiger partial charge on any atom is -0.497 e. The molecule has 6 nitrogen and oxygen atoms in total. The third-order valence-corrected chi connectivity index (χ3v) is 4.19. The molecule has 2 N–H and O–H groups in total. The fraction of sp³-hybridized carbons (Fsp3) is 0.238. The van der Waals surface area contributed by atoms with Crippen LogP contribution in [0.15, 0.2) is 71.9 Å². The number of aromatic nitrogens is 2. The Balaban J connectivity index is 0.00000280. The van der Waals surface area contributed by atoms with Gasteiger partial charge in [0.15, 0.2) is 5.96 Å². The first-order valence-electron chi connectivity index (χ1n) is 8.96. The molecular formula is C21H26IN5O. The Hall–Kier alpha value is -2.55. The third-order valence-electron chi connectivity index (χ3n) is 4.19. The molecule has 0 aliphatic heterocycles. The molecule has 1 heterocycles. The van der Waals surface area contributed by atoms with Crippen molar-refractivity contribution in [1.82, 2.24) is 20.4 Å². The molecule has 0 saturated heterocycles. The van der Waals surface area contributed by atoms with Gasteiger partial charge in [0.2, 0.25) is 0 Å². The van der Waals surface area contributed by atoms with Crippen LogP contribution in [0.5, 0.6) is 5.75 Å². The van der Waals surface area contributed by atoms with Crippen LogP contribution < -0.4 is 15.4 Å². The molecule has 3 aromatic rings. The lowest BCUT2D eigenvalue weighted by Gasteiger charge is -2.11. The fourth-order valence-corrected chi connectivity index (χ4v) is 2.70. The van der Waals surface area contributed by atoms with E-state index in [0.29, 0.717) is 6.54 Å². The minimum atomic E-state index is 0. The Kier molecular flexibility index (Phi) is 8.80. The van der Waals surface area contributed by atoms with Crippen molar-refractivity contribution in [3.05, 3.63) is 78.1 Å². The Morgan fingerprint density at radius 2 is 1.79 bits per heavy atom. The minimum absolute atomic E-state index is 0. The summed E-state index contributed by atoms with van der Waals surface area (Å²) in [5.41, 5.74) is 3.24. The lowest BCUT2D eigenvalue weighted by Crippen LogP contribution is -2.37. The van der Waals surface area contributed by atoms with Gasteiger partial charge in [-0.15, -0.1) is 24.0 Å². The van der Waals surface area contributed by atoms with Crippen molar-refractivity contribution in [2.75, 3.05) is 20.7 Å². The fourth-order valence-electron chi connectivity index (χ4n) is 2.70. The van der Waals surface area contributed by atoms with Gasteiger partial charge in [0, 0.05) is 19.8 Å². The van der Waals surface area contributed by atoms with Gasteiger partial charge in [-0.25, -0.2) is 4.68 Å². The number of methoxy groups -OCH3 is 1. The molecule has 0 aliphatic carbocycles. The van der Waals surface area contributed by atoms with Gasteiger partial charge in [0.1, 0.15) is 5.75 Å². The first kappa shape index (κ1) is 21.7. The second-order valence-corrected chi connectivity index (χ2v) is 6.04. The number of benzene rings is 2. The van der Waals surface area contributed by atoms with Crippen molar-refractivity contribution in [3.63, 3.8) is 0 Å². The quantitative estimate of drug-likeness (QED) is 0.302. The molecule has 1 aromatic heterocycles. The summed E-state index contributed by atoms with van der Waals surface area (Å²) in [6.45, 7) is 1.43. The van der Waals surface area contributed by atoms with Crippen LogP contribution in [0.2, 0.25) is 0 Å². The molecule has 0 fully saturated rings. The zero-order chi connectivity index (χ0) is 18.9. The predicted octanol–water partition coefficient (Wildman–Crippen LogP) is 3.41. The number of hydrogen-bond acceptors (Lipinski definition) is 3. The van der Waals surface area contributed by atoms with Crippen molar-refractivity contribution >= 4 is 29.9 Å². The molecule has 0 saturated carbocycles. The van der Waals surface area contributed by atoms with Gasteiger partial charge >= 0.3 is 0 Å². The van der Waals surface area contributed by atoms with E-state index in [2.05, 4.69) is 45.0 Å². The van der Waals surface area contributed by atoms with E-state index >= 15 is 0 Å². The lowest BCUT2D eigenvalue weighted by molar-refractivity contribution is 0.414. The molecule has 0 spiro atoms. The van der Waals surface area contributed by atoms with Gasteiger partial charge in [0.05, 0.1) is 25.0 Å². The van der Waals surface area contributed by atoms with E-state index in [0.717, 1.165) is 36.1 Å². The van der Waals surface area contributed by atoms with Gasteiger partial charge in [-0.1, -0.05) is 30.3 Å². The summed E-state index contributed by atoms with van der Waals surface area (Å²) >= 11 is 0. The maximum absolute atomic E-state index is 5.19. The molecule has 2 aromatic carbocycles. The number of nitrogens with zero attached hydrogens (tertiary/aromatic N) is 3. The third kappa shape index (κ3) is 6.26. The molecule has 148 valence electrons. The topological polar surface area (TPSA) is 63.5 Å². The Morgan fingerprint density at radius 1 is 1.04 bits per heavy atom. The SMILES string of the molecule is CN=C(NCCc1ccccc1)NCc1ccn(-c2ccc(OC)cc2)n1.I. The van der Waals surface area contributed by atoms with Crippen LogP contribution in [0.1, 0.15) is 11.3 Å². The number of halogens is 1. The molecule has 3 rings (SSSR count). The maximum atomic E-state index is 5.19. The van der Waals surface area contributed by atoms with Crippen LogP contribution in [0.4, 0.5) is 0 Å². The number of hydrogen-bond donors (Lipinski definition) is 2. The standard InChI is InChI=1S/C21H25N5O.HI/c1-22-21(23-14-12-17-6-4-3-5-7-17)24-16-18-13-15-26(25-18)19-8-10-20(27-2)11-9-19;/h3-11,13,15H,12,14,16H2,1-2H3,(H2,22,23,24);1H. The van der Waals surface area contributed by atoms with Gasteiger partial charge < -0.3 is 15.4 Å². The van der Waals surface area contributed by atoms with E-state index in [9.17, 15) is 0 Å². The molecule has 28 heavy (non-hydrogen) atoms. The monoisotopic (exact) mass is 491 g/mol. The normalized spacial score (nSPS) is 10.9. The summed E-state index contributed by atoms with van der Waals surface area (Å²) in [5, 5.41) is 11.2. The van der Waals surface area contributed by atoms with Crippen LogP contribution in [0.3, 0.4) is 0 Å². The predicted molar refractivity (Wildman–Crippen MR) is 124 cm³/mol. The van der Waals surface area contributed by atoms with Crippen LogP contribution in [0, 0.1) is 0 Å². The number of rotatable bonds is 7. The van der Waals surface area contributed by atoms with Crippen LogP contribution in [-0.4, -0.2) is 36.4 Å². The summed E-state index contributed by atoms with van der Waals surface area (Å²) in [6, 6.07) is 20.2. The van der Waals surface area contributed by atoms with Crippen molar-refractivity contribution in [3.8, 4) is 11.4 Å². The molecule has 7 heteroatoms. The summed E-state index contributed by atoms with van der Waals surface area (Å²) in [7, 11) is 3.43. The largest absolute Gasteiger partial charge is 0.497 e. The molecule has 0 atom stereocenters. The zero-order valence-electron chi connectivity index (χ0n) is 16.1. The number of nitrogens with one attached hydrogen (secondary N) is 2. The molecule has 0 amide bonds. The van der Waals surface area contributed by atoms with E-state index in [1.165, 1.54) is 5.56 Å². The highest BCUT2D eigenvalue weighted by atomic mass is 127. The van der Waals surface area contributed by atoms with Gasteiger partial charge in [0.25, 0.3) is 0 Å². The van der Waals surface area contributed by atoms with Crippen molar-refractivity contribution in [2.45, 2.75) is 13.0 Å². The van der Waals surface area contributed by atoms with E-state index in [-0.39, 0.29) is 24.0 Å².